The quantitative estimate of drug-likeness (QED) is 0.327. The normalized spacial score (nSPS) is 22.0. The van der Waals surface area contributed by atoms with Gasteiger partial charge < -0.3 is 15.3 Å². The maximum Gasteiger partial charge on any atom is 0.471 e. The molecule has 2 N–H and O–H groups in total. The van der Waals surface area contributed by atoms with Crippen molar-refractivity contribution in [1.29, 1.82) is 0 Å². The molecule has 3 amide bonds. The Morgan fingerprint density at radius 1 is 1.18 bits per heavy atom. The predicted molar refractivity (Wildman–Crippen MR) is 127 cm³/mol. The number of piperidine rings is 1. The van der Waals surface area contributed by atoms with Gasteiger partial charge in [-0.2, -0.15) is 13.2 Å². The minimum atomic E-state index is -5.14. The van der Waals surface area contributed by atoms with Crippen LogP contribution in [0.5, 0.6) is 0 Å². The second kappa shape index (κ2) is 10.3. The molecule has 2 aromatic rings. The van der Waals surface area contributed by atoms with Gasteiger partial charge in [-0.3, -0.25) is 19.3 Å². The number of carbonyl (C=O) groups is 4. The Balaban J connectivity index is 1.24. The smallest absolute Gasteiger partial charge is 0.471 e. The molecule has 1 unspecified atom stereocenters. The summed E-state index contributed by atoms with van der Waals surface area (Å²) in [4.78, 5) is 50.5. The Labute approximate surface area is 223 Å². The Hall–Kier alpha value is -3.95. The molecule has 0 saturated carbocycles. The number of carboxylic acids is 1. The number of hydrogen-bond donors (Lipinski definition) is 2. The average Bonchev–Trinajstić information content (AvgIpc) is 3.46. The zero-order chi connectivity index (χ0) is 27.9. The molecule has 3 aliphatic rings. The number of carboxylic acid groups (broad SMARTS) is 1. The van der Waals surface area contributed by atoms with E-state index in [1.165, 1.54) is 4.68 Å². The number of aliphatic carboxylic acids is 1. The fourth-order valence-corrected chi connectivity index (χ4v) is 6.28. The van der Waals surface area contributed by atoms with Gasteiger partial charge in [0, 0.05) is 24.8 Å². The van der Waals surface area contributed by atoms with Crippen LogP contribution < -0.4 is 5.32 Å². The molecule has 2 fully saturated rings. The minimum absolute atomic E-state index is 0.0303. The van der Waals surface area contributed by atoms with Crippen LogP contribution >= 0.6 is 11.8 Å². The number of benzene rings is 1. The first-order valence-corrected chi connectivity index (χ1v) is 12.9. The topological polar surface area (TPSA) is 151 Å². The van der Waals surface area contributed by atoms with E-state index in [-0.39, 0.29) is 42.0 Å². The lowest BCUT2D eigenvalue weighted by Crippen LogP contribution is -2.74. The molecule has 16 heteroatoms. The molecule has 39 heavy (non-hydrogen) atoms. The van der Waals surface area contributed by atoms with E-state index in [1.54, 1.807) is 0 Å². The number of halogens is 3. The predicted octanol–water partition coefficient (Wildman–Crippen LogP) is 0.467. The standard InChI is InChI=1S/C23H22F3N7O5S/c24-23(25,26)21(38)31-9-7-13-14(17(20(36)37)33-16(13)18(31)19(33)35)11-39-22-28-29-30-32(22)10-15(34)27-8-6-12-4-2-1-3-5-12/h1-5,13,16,18H,6-11H2,(H,27,34)(H,36,37)/t13?,16-,18+/m1/s1. The lowest BCUT2D eigenvalue weighted by atomic mass is 9.78. The maximum atomic E-state index is 13.1. The van der Waals surface area contributed by atoms with Crippen LogP contribution in [-0.4, -0.2) is 95.9 Å². The summed E-state index contributed by atoms with van der Waals surface area (Å²) in [6.07, 6.45) is -4.44. The molecule has 5 rings (SSSR count). The second-order valence-electron chi connectivity index (χ2n) is 9.21. The molecular weight excluding hydrogens is 543 g/mol. The lowest BCUT2D eigenvalue weighted by molar-refractivity contribution is -0.198. The first kappa shape index (κ1) is 26.6. The van der Waals surface area contributed by atoms with Crippen LogP contribution in [-0.2, 0) is 32.1 Å². The van der Waals surface area contributed by atoms with Crippen molar-refractivity contribution in [3.8, 4) is 0 Å². The summed E-state index contributed by atoms with van der Waals surface area (Å²) in [5.41, 5.74) is 1.13. The maximum absolute atomic E-state index is 13.1. The van der Waals surface area contributed by atoms with E-state index in [9.17, 15) is 37.5 Å². The number of thioether (sulfide) groups is 1. The fraction of sp³-hybridized carbons (Fsp3) is 0.435. The van der Waals surface area contributed by atoms with Gasteiger partial charge in [0.25, 0.3) is 5.91 Å². The first-order chi connectivity index (χ1) is 18.6. The highest BCUT2D eigenvalue weighted by Gasteiger charge is 2.65. The van der Waals surface area contributed by atoms with Gasteiger partial charge in [-0.1, -0.05) is 42.1 Å². The van der Waals surface area contributed by atoms with Crippen LogP contribution in [0, 0.1) is 5.92 Å². The molecule has 2 saturated heterocycles. The summed E-state index contributed by atoms with van der Waals surface area (Å²) < 4.78 is 40.4. The number of β-lactam (4-membered cyclic amide) rings is 1. The van der Waals surface area contributed by atoms with Gasteiger partial charge in [0.2, 0.25) is 11.1 Å². The van der Waals surface area contributed by atoms with Gasteiger partial charge in [-0.15, -0.1) is 5.10 Å². The SMILES string of the molecule is O=C(Cn1nnnc1SCC1=C(C(=O)O)N2C(=O)[C@@H]3[C@H]2C1CCN3C(=O)C(F)(F)F)NCCc1ccccc1. The Morgan fingerprint density at radius 3 is 2.62 bits per heavy atom. The van der Waals surface area contributed by atoms with E-state index in [2.05, 4.69) is 20.8 Å². The van der Waals surface area contributed by atoms with Crippen molar-refractivity contribution in [1.82, 2.24) is 35.3 Å². The molecule has 4 heterocycles. The number of alkyl halides is 3. The monoisotopic (exact) mass is 565 g/mol. The van der Waals surface area contributed by atoms with Crippen molar-refractivity contribution in [3.05, 3.63) is 47.2 Å². The minimum Gasteiger partial charge on any atom is -0.477 e. The highest BCUT2D eigenvalue weighted by atomic mass is 32.2. The highest BCUT2D eigenvalue weighted by molar-refractivity contribution is 7.99. The molecule has 206 valence electrons. The zero-order valence-electron chi connectivity index (χ0n) is 20.2. The third-order valence-corrected chi connectivity index (χ3v) is 7.97. The molecule has 3 aliphatic heterocycles. The van der Waals surface area contributed by atoms with Gasteiger partial charge in [0.05, 0.1) is 6.04 Å². The summed E-state index contributed by atoms with van der Waals surface area (Å²) in [6, 6.07) is 7.37. The Kier molecular flexibility index (Phi) is 7.05. The summed E-state index contributed by atoms with van der Waals surface area (Å²) in [5, 5.41) is 24.1. The van der Waals surface area contributed by atoms with Crippen LogP contribution in [0.25, 0.3) is 0 Å². The molecule has 0 spiro atoms. The third kappa shape index (κ3) is 4.95. The van der Waals surface area contributed by atoms with Gasteiger partial charge in [0.15, 0.2) is 0 Å². The summed E-state index contributed by atoms with van der Waals surface area (Å²) in [6.45, 7) is -0.0990. The van der Waals surface area contributed by atoms with Crippen LogP contribution in [0.15, 0.2) is 46.8 Å². The Morgan fingerprint density at radius 2 is 1.92 bits per heavy atom. The number of nitrogens with zero attached hydrogens (tertiary/aromatic N) is 6. The van der Waals surface area contributed by atoms with Gasteiger partial charge in [-0.05, 0) is 34.4 Å². The van der Waals surface area contributed by atoms with E-state index in [0.717, 1.165) is 22.2 Å². The molecule has 0 bridgehead atoms. The fourth-order valence-electron chi connectivity index (χ4n) is 5.30. The van der Waals surface area contributed by atoms with Crippen molar-refractivity contribution >= 4 is 35.5 Å². The van der Waals surface area contributed by atoms with Gasteiger partial charge in [-0.25, -0.2) is 9.48 Å². The third-order valence-electron chi connectivity index (χ3n) is 6.97. The number of rotatable bonds is 9. The van der Waals surface area contributed by atoms with Crippen molar-refractivity contribution in [2.45, 2.75) is 42.8 Å². The van der Waals surface area contributed by atoms with Crippen LogP contribution in [0.3, 0.4) is 0 Å². The van der Waals surface area contributed by atoms with Gasteiger partial charge in [0.1, 0.15) is 18.3 Å². The molecular formula is C23H22F3N7O5S. The van der Waals surface area contributed by atoms with E-state index in [0.29, 0.717) is 23.4 Å². The number of carbonyl (C=O) groups excluding carboxylic acids is 3. The average molecular weight is 566 g/mol. The molecule has 12 nitrogen and oxygen atoms in total. The molecule has 3 atom stereocenters. The van der Waals surface area contributed by atoms with Crippen molar-refractivity contribution in [3.63, 3.8) is 0 Å². The van der Waals surface area contributed by atoms with Crippen molar-refractivity contribution in [2.24, 2.45) is 5.92 Å². The number of nitrogens with one attached hydrogen (secondary N) is 1. The van der Waals surface area contributed by atoms with E-state index in [1.807, 2.05) is 30.3 Å². The van der Waals surface area contributed by atoms with Crippen LogP contribution in [0.4, 0.5) is 13.2 Å². The first-order valence-electron chi connectivity index (χ1n) is 11.9. The number of hydrogen-bond acceptors (Lipinski definition) is 8. The summed E-state index contributed by atoms with van der Waals surface area (Å²) >= 11 is 1.05. The number of aromatic nitrogens is 4. The van der Waals surface area contributed by atoms with Crippen molar-refractivity contribution in [2.75, 3.05) is 18.8 Å². The molecule has 0 aliphatic carbocycles. The van der Waals surface area contributed by atoms with E-state index < -0.39 is 42.0 Å². The zero-order valence-corrected chi connectivity index (χ0v) is 21.0. The van der Waals surface area contributed by atoms with Gasteiger partial charge >= 0.3 is 18.1 Å². The number of tetrazole rings is 1. The second-order valence-corrected chi connectivity index (χ2v) is 10.1. The van der Waals surface area contributed by atoms with E-state index in [4.69, 9.17) is 0 Å². The molecule has 1 aromatic heterocycles. The summed E-state index contributed by atoms with van der Waals surface area (Å²) in [5.74, 6) is -5.18. The van der Waals surface area contributed by atoms with Crippen LogP contribution in [0.1, 0.15) is 12.0 Å². The highest BCUT2D eigenvalue weighted by Crippen LogP contribution is 2.50. The largest absolute Gasteiger partial charge is 0.477 e. The van der Waals surface area contributed by atoms with Crippen LogP contribution in [0.2, 0.25) is 0 Å². The number of amides is 3. The summed E-state index contributed by atoms with van der Waals surface area (Å²) in [7, 11) is 0. The molecule has 0 radical (unpaired) electrons. The van der Waals surface area contributed by atoms with E-state index >= 15 is 0 Å². The van der Waals surface area contributed by atoms with Crippen molar-refractivity contribution < 1.29 is 37.5 Å². The lowest BCUT2D eigenvalue weighted by Gasteiger charge is -2.53. The Bertz CT molecular complexity index is 1350. The number of likely N-dealkylation sites (tertiary alicyclic amines) is 1. The molecule has 1 aromatic carbocycles.